The lowest BCUT2D eigenvalue weighted by Crippen LogP contribution is -2.28. The predicted molar refractivity (Wildman–Crippen MR) is 69.8 cm³/mol. The number of alkyl carbamates (subject to hydrolysis) is 1. The molecule has 0 aliphatic carbocycles. The second-order valence-corrected chi connectivity index (χ2v) is 4.09. The Kier molecular flexibility index (Phi) is 4.62. The highest BCUT2D eigenvalue weighted by Crippen LogP contribution is 2.00. The van der Waals surface area contributed by atoms with E-state index in [4.69, 9.17) is 17.0 Å². The average molecular weight is 279 g/mol. The molecular formula is C11H13N5O2S. The van der Waals surface area contributed by atoms with E-state index in [1.165, 1.54) is 0 Å². The number of H-pyrrole nitrogens is 1. The first-order valence-electron chi connectivity index (χ1n) is 5.68. The molecule has 2 N–H and O–H groups in total. The van der Waals surface area contributed by atoms with Gasteiger partial charge >= 0.3 is 6.09 Å². The first-order valence-corrected chi connectivity index (χ1v) is 6.09. The number of benzene rings is 1. The third-order valence-electron chi connectivity index (χ3n) is 2.35. The van der Waals surface area contributed by atoms with Gasteiger partial charge in [-0.25, -0.2) is 9.48 Å². The normalized spacial score (nSPS) is 10.1. The van der Waals surface area contributed by atoms with Crippen LogP contribution in [0.3, 0.4) is 0 Å². The number of rotatable bonds is 5. The number of carbonyl (C=O) groups excluding carboxylic acids is 1. The molecule has 2 aromatic rings. The van der Waals surface area contributed by atoms with Crippen LogP contribution < -0.4 is 5.32 Å². The SMILES string of the molecule is O=C(NCCn1[nH]nnc1=S)OCc1ccccc1. The molecule has 100 valence electrons. The van der Waals surface area contributed by atoms with E-state index in [1.807, 2.05) is 30.3 Å². The molecule has 0 atom stereocenters. The maximum absolute atomic E-state index is 11.4. The molecule has 0 saturated heterocycles. The van der Waals surface area contributed by atoms with E-state index in [9.17, 15) is 4.79 Å². The van der Waals surface area contributed by atoms with Crippen LogP contribution in [0.15, 0.2) is 30.3 Å². The van der Waals surface area contributed by atoms with Crippen LogP contribution in [0.4, 0.5) is 4.79 Å². The molecule has 1 amide bonds. The molecule has 0 fully saturated rings. The fraction of sp³-hybridized carbons (Fsp3) is 0.273. The fourth-order valence-corrected chi connectivity index (χ4v) is 1.58. The van der Waals surface area contributed by atoms with Gasteiger partial charge in [0.15, 0.2) is 0 Å². The van der Waals surface area contributed by atoms with Crippen molar-refractivity contribution >= 4 is 18.3 Å². The van der Waals surface area contributed by atoms with E-state index < -0.39 is 6.09 Å². The minimum absolute atomic E-state index is 0.248. The summed E-state index contributed by atoms with van der Waals surface area (Å²) in [4.78, 5) is 11.4. The van der Waals surface area contributed by atoms with Crippen molar-refractivity contribution in [2.75, 3.05) is 6.54 Å². The minimum atomic E-state index is -0.470. The van der Waals surface area contributed by atoms with Crippen molar-refractivity contribution in [2.24, 2.45) is 0 Å². The Morgan fingerprint density at radius 1 is 1.42 bits per heavy atom. The van der Waals surface area contributed by atoms with Crippen LogP contribution in [0.1, 0.15) is 5.56 Å². The van der Waals surface area contributed by atoms with Crippen LogP contribution in [0, 0.1) is 4.77 Å². The number of hydrogen-bond acceptors (Lipinski definition) is 5. The summed E-state index contributed by atoms with van der Waals surface area (Å²) in [6, 6.07) is 9.48. The Morgan fingerprint density at radius 2 is 2.21 bits per heavy atom. The van der Waals surface area contributed by atoms with Crippen molar-refractivity contribution in [3.05, 3.63) is 40.7 Å². The number of ether oxygens (including phenoxy) is 1. The summed E-state index contributed by atoms with van der Waals surface area (Å²) in [5, 5.41) is 12.4. The number of hydrogen-bond donors (Lipinski definition) is 2. The van der Waals surface area contributed by atoms with Gasteiger partial charge in [-0.1, -0.05) is 40.6 Å². The van der Waals surface area contributed by atoms with Crippen LogP contribution in [-0.4, -0.2) is 32.8 Å². The van der Waals surface area contributed by atoms with Crippen molar-refractivity contribution in [2.45, 2.75) is 13.2 Å². The number of aromatic amines is 1. The van der Waals surface area contributed by atoms with Crippen LogP contribution in [0.5, 0.6) is 0 Å². The van der Waals surface area contributed by atoms with Crippen LogP contribution >= 0.6 is 12.2 Å². The van der Waals surface area contributed by atoms with Crippen molar-refractivity contribution < 1.29 is 9.53 Å². The third kappa shape index (κ3) is 4.18. The molecule has 0 bridgehead atoms. The van der Waals surface area contributed by atoms with Gasteiger partial charge < -0.3 is 10.1 Å². The summed E-state index contributed by atoms with van der Waals surface area (Å²) in [7, 11) is 0. The van der Waals surface area contributed by atoms with Gasteiger partial charge in [-0.05, 0) is 17.8 Å². The first kappa shape index (κ1) is 13.2. The van der Waals surface area contributed by atoms with Crippen LogP contribution in [0.2, 0.25) is 0 Å². The summed E-state index contributed by atoms with van der Waals surface area (Å²) in [5.74, 6) is 0. The molecule has 0 aliphatic rings. The molecule has 0 unspecified atom stereocenters. The Morgan fingerprint density at radius 3 is 2.89 bits per heavy atom. The van der Waals surface area contributed by atoms with Crippen LogP contribution in [-0.2, 0) is 17.9 Å². The van der Waals surface area contributed by atoms with Gasteiger partial charge in [0.25, 0.3) is 0 Å². The van der Waals surface area contributed by atoms with E-state index in [2.05, 4.69) is 20.8 Å². The van der Waals surface area contributed by atoms with Gasteiger partial charge in [-0.2, -0.15) is 5.21 Å². The topological polar surface area (TPSA) is 84.8 Å². The van der Waals surface area contributed by atoms with Crippen molar-refractivity contribution in [3.63, 3.8) is 0 Å². The molecule has 0 saturated carbocycles. The molecule has 19 heavy (non-hydrogen) atoms. The molecule has 1 aromatic heterocycles. The van der Waals surface area contributed by atoms with Gasteiger partial charge in [0, 0.05) is 6.54 Å². The van der Waals surface area contributed by atoms with E-state index >= 15 is 0 Å². The fourth-order valence-electron chi connectivity index (χ4n) is 1.41. The second-order valence-electron chi connectivity index (χ2n) is 3.72. The number of tetrazole rings is 1. The smallest absolute Gasteiger partial charge is 0.407 e. The molecular weight excluding hydrogens is 266 g/mol. The number of amides is 1. The van der Waals surface area contributed by atoms with Crippen molar-refractivity contribution in [1.29, 1.82) is 0 Å². The Hall–Kier alpha value is -2.22. The lowest BCUT2D eigenvalue weighted by atomic mass is 10.2. The molecule has 1 heterocycles. The summed E-state index contributed by atoms with van der Waals surface area (Å²) < 4.78 is 6.95. The van der Waals surface area contributed by atoms with E-state index in [0.717, 1.165) is 5.56 Å². The van der Waals surface area contributed by atoms with Crippen molar-refractivity contribution in [1.82, 2.24) is 25.5 Å². The zero-order valence-electron chi connectivity index (χ0n) is 10.1. The standard InChI is InChI=1S/C11H13N5O2S/c17-11(18-8-9-4-2-1-3-5-9)12-6-7-16-10(19)13-14-15-16/h1-5H,6-8H2,(H,12,17)(H,13,15,19). The van der Waals surface area contributed by atoms with Crippen molar-refractivity contribution in [3.8, 4) is 0 Å². The Balaban J connectivity index is 1.68. The molecule has 7 nitrogen and oxygen atoms in total. The quantitative estimate of drug-likeness (QED) is 0.805. The zero-order valence-corrected chi connectivity index (χ0v) is 10.9. The van der Waals surface area contributed by atoms with E-state index in [1.54, 1.807) is 4.68 Å². The van der Waals surface area contributed by atoms with Gasteiger partial charge in [0.2, 0.25) is 4.77 Å². The number of nitrogens with one attached hydrogen (secondary N) is 2. The predicted octanol–water partition coefficient (Wildman–Crippen LogP) is 1.26. The molecule has 0 radical (unpaired) electrons. The first-order chi connectivity index (χ1) is 9.25. The largest absolute Gasteiger partial charge is 0.445 e. The summed E-state index contributed by atoms with van der Waals surface area (Å²) in [6.45, 7) is 1.09. The Bertz CT molecular complexity index is 580. The van der Waals surface area contributed by atoms with Crippen LogP contribution in [0.25, 0.3) is 0 Å². The number of carbonyl (C=O) groups is 1. The Labute approximate surface area is 114 Å². The summed E-state index contributed by atoms with van der Waals surface area (Å²) in [6.07, 6.45) is -0.470. The third-order valence-corrected chi connectivity index (χ3v) is 2.65. The molecule has 2 rings (SSSR count). The van der Waals surface area contributed by atoms with Gasteiger partial charge in [-0.15, -0.1) is 0 Å². The number of aromatic nitrogens is 4. The average Bonchev–Trinajstić information content (AvgIpc) is 2.83. The molecule has 1 aromatic carbocycles. The summed E-state index contributed by atoms with van der Waals surface area (Å²) in [5.41, 5.74) is 0.942. The summed E-state index contributed by atoms with van der Waals surface area (Å²) >= 11 is 4.89. The molecule has 0 spiro atoms. The van der Waals surface area contributed by atoms with Gasteiger partial charge in [0.05, 0.1) is 6.54 Å². The second kappa shape index (κ2) is 6.64. The highest BCUT2D eigenvalue weighted by atomic mass is 32.1. The van der Waals surface area contributed by atoms with E-state index in [0.29, 0.717) is 17.9 Å². The minimum Gasteiger partial charge on any atom is -0.445 e. The molecule has 8 heteroatoms. The van der Waals surface area contributed by atoms with Gasteiger partial charge in [-0.3, -0.25) is 0 Å². The zero-order chi connectivity index (χ0) is 13.5. The monoisotopic (exact) mass is 279 g/mol. The molecule has 0 aliphatic heterocycles. The maximum Gasteiger partial charge on any atom is 0.407 e. The number of nitrogens with zero attached hydrogens (tertiary/aromatic N) is 3. The van der Waals surface area contributed by atoms with Gasteiger partial charge in [0.1, 0.15) is 6.61 Å². The lowest BCUT2D eigenvalue weighted by Gasteiger charge is -2.06. The maximum atomic E-state index is 11.4. The highest BCUT2D eigenvalue weighted by Gasteiger charge is 2.02. The van der Waals surface area contributed by atoms with E-state index in [-0.39, 0.29) is 6.61 Å². The lowest BCUT2D eigenvalue weighted by molar-refractivity contribution is 0.139. The highest BCUT2D eigenvalue weighted by molar-refractivity contribution is 7.71.